The lowest BCUT2D eigenvalue weighted by Crippen LogP contribution is -2.36. The van der Waals surface area contributed by atoms with Crippen LogP contribution < -0.4 is 5.32 Å². The highest BCUT2D eigenvalue weighted by Gasteiger charge is 2.31. The molecule has 1 aromatic rings. The predicted molar refractivity (Wildman–Crippen MR) is 71.0 cm³/mol. The molecule has 1 N–H and O–H groups in total. The van der Waals surface area contributed by atoms with Gasteiger partial charge in [0.25, 0.3) is 0 Å². The second kappa shape index (κ2) is 5.13. The molecule has 0 unspecified atom stereocenters. The Labute approximate surface area is 102 Å². The molecule has 1 saturated carbocycles. The normalized spacial score (nSPS) is 19.6. The van der Waals surface area contributed by atoms with Gasteiger partial charge < -0.3 is 9.88 Å². The van der Waals surface area contributed by atoms with Gasteiger partial charge in [0.15, 0.2) is 0 Å². The summed E-state index contributed by atoms with van der Waals surface area (Å²) in [6.45, 7) is 1.04. The number of nitrogens with zero attached hydrogens (tertiary/aromatic N) is 2. The summed E-state index contributed by atoms with van der Waals surface area (Å²) < 4.78 is 2.47. The molecule has 0 saturated heterocycles. The van der Waals surface area contributed by atoms with Crippen LogP contribution >= 0.6 is 11.8 Å². The Morgan fingerprint density at radius 3 is 2.75 bits per heavy atom. The Bertz CT molecular complexity index is 329. The van der Waals surface area contributed by atoms with E-state index in [1.54, 1.807) is 0 Å². The molecule has 1 aromatic heterocycles. The van der Waals surface area contributed by atoms with Crippen LogP contribution in [0.1, 0.15) is 32.1 Å². The summed E-state index contributed by atoms with van der Waals surface area (Å²) in [7, 11) is 2.03. The second-order valence-corrected chi connectivity index (χ2v) is 5.94. The van der Waals surface area contributed by atoms with Gasteiger partial charge in [-0.3, -0.25) is 0 Å². The van der Waals surface area contributed by atoms with E-state index in [1.165, 1.54) is 32.1 Å². The van der Waals surface area contributed by atoms with E-state index >= 15 is 0 Å². The molecule has 0 bridgehead atoms. The van der Waals surface area contributed by atoms with E-state index in [0.29, 0.717) is 4.75 Å². The van der Waals surface area contributed by atoms with Crippen molar-refractivity contribution in [2.24, 2.45) is 7.05 Å². The lowest BCUT2D eigenvalue weighted by atomic mass is 9.88. The largest absolute Gasteiger partial charge is 0.354 e. The van der Waals surface area contributed by atoms with Gasteiger partial charge in [0, 0.05) is 30.7 Å². The summed E-state index contributed by atoms with van der Waals surface area (Å²) in [6.07, 6.45) is 12.9. The van der Waals surface area contributed by atoms with E-state index in [1.807, 2.05) is 35.8 Å². The second-order valence-electron chi connectivity index (χ2n) is 4.66. The molecule has 1 aliphatic rings. The minimum atomic E-state index is 0.435. The highest BCUT2D eigenvalue weighted by Crippen LogP contribution is 2.38. The van der Waals surface area contributed by atoms with Crippen molar-refractivity contribution < 1.29 is 0 Å². The van der Waals surface area contributed by atoms with Crippen LogP contribution in [0, 0.1) is 0 Å². The van der Waals surface area contributed by atoms with Gasteiger partial charge in [0.05, 0.1) is 0 Å². The quantitative estimate of drug-likeness (QED) is 0.876. The molecule has 16 heavy (non-hydrogen) atoms. The molecule has 90 valence electrons. The van der Waals surface area contributed by atoms with Gasteiger partial charge in [-0.05, 0) is 19.1 Å². The number of nitrogens with one attached hydrogen (secondary N) is 1. The van der Waals surface area contributed by atoms with E-state index in [4.69, 9.17) is 0 Å². The van der Waals surface area contributed by atoms with E-state index in [0.717, 1.165) is 12.5 Å². The van der Waals surface area contributed by atoms with Crippen LogP contribution in [0.2, 0.25) is 0 Å². The van der Waals surface area contributed by atoms with Crippen LogP contribution in [0.15, 0.2) is 12.4 Å². The van der Waals surface area contributed by atoms with Gasteiger partial charge in [-0.1, -0.05) is 19.3 Å². The maximum Gasteiger partial charge on any atom is 0.202 e. The number of aromatic nitrogens is 2. The molecule has 3 nitrogen and oxygen atoms in total. The number of rotatable bonds is 4. The van der Waals surface area contributed by atoms with Gasteiger partial charge >= 0.3 is 0 Å². The molecule has 1 fully saturated rings. The standard InChI is InChI=1S/C12H21N3S/c1-15-9-8-13-11(15)14-10-12(16-2)6-4-3-5-7-12/h8-9H,3-7,10H2,1-2H3,(H,13,14). The van der Waals surface area contributed by atoms with Crippen LogP contribution in [0.5, 0.6) is 0 Å². The zero-order valence-electron chi connectivity index (χ0n) is 10.2. The summed E-state index contributed by atoms with van der Waals surface area (Å²) in [6, 6.07) is 0. The summed E-state index contributed by atoms with van der Waals surface area (Å²) in [5, 5.41) is 3.49. The first-order valence-corrected chi connectivity index (χ1v) is 7.25. The van der Waals surface area contributed by atoms with Crippen LogP contribution in [0.3, 0.4) is 0 Å². The number of thioether (sulfide) groups is 1. The van der Waals surface area contributed by atoms with Crippen molar-refractivity contribution in [2.75, 3.05) is 18.1 Å². The molecule has 0 amide bonds. The number of aryl methyl sites for hydroxylation is 1. The van der Waals surface area contributed by atoms with Crippen molar-refractivity contribution in [1.82, 2.24) is 9.55 Å². The van der Waals surface area contributed by atoms with E-state index < -0.39 is 0 Å². The molecule has 2 rings (SSSR count). The van der Waals surface area contributed by atoms with Crippen molar-refractivity contribution in [3.63, 3.8) is 0 Å². The third-order valence-corrected chi connectivity index (χ3v) is 5.01. The van der Waals surface area contributed by atoms with Crippen molar-refractivity contribution in [2.45, 2.75) is 36.9 Å². The zero-order chi connectivity index (χ0) is 11.4. The Kier molecular flexibility index (Phi) is 3.79. The summed E-state index contributed by atoms with van der Waals surface area (Å²) in [5.41, 5.74) is 0. The summed E-state index contributed by atoms with van der Waals surface area (Å²) in [5.74, 6) is 0.985. The molecule has 1 heterocycles. The predicted octanol–water partition coefficient (Wildman–Crippen LogP) is 2.90. The lowest BCUT2D eigenvalue weighted by Gasteiger charge is -2.35. The fourth-order valence-corrected chi connectivity index (χ4v) is 3.34. The highest BCUT2D eigenvalue weighted by atomic mass is 32.2. The minimum absolute atomic E-state index is 0.435. The maximum atomic E-state index is 4.31. The zero-order valence-corrected chi connectivity index (χ0v) is 11.0. The molecule has 4 heteroatoms. The Hall–Kier alpha value is -0.640. The van der Waals surface area contributed by atoms with Crippen LogP contribution in [0.4, 0.5) is 5.95 Å². The third kappa shape index (κ3) is 2.54. The van der Waals surface area contributed by atoms with Gasteiger partial charge in [-0.15, -0.1) is 0 Å². The Morgan fingerprint density at radius 2 is 2.19 bits per heavy atom. The van der Waals surface area contributed by atoms with Crippen LogP contribution in [0.25, 0.3) is 0 Å². The van der Waals surface area contributed by atoms with Crippen molar-refractivity contribution in [3.05, 3.63) is 12.4 Å². The van der Waals surface area contributed by atoms with Gasteiger partial charge in [-0.25, -0.2) is 4.98 Å². The van der Waals surface area contributed by atoms with Gasteiger partial charge in [0.2, 0.25) is 5.95 Å². The van der Waals surface area contributed by atoms with Crippen molar-refractivity contribution in [3.8, 4) is 0 Å². The number of anilines is 1. The number of imidazole rings is 1. The Morgan fingerprint density at radius 1 is 1.44 bits per heavy atom. The van der Waals surface area contributed by atoms with Crippen molar-refractivity contribution in [1.29, 1.82) is 0 Å². The smallest absolute Gasteiger partial charge is 0.202 e. The minimum Gasteiger partial charge on any atom is -0.354 e. The monoisotopic (exact) mass is 239 g/mol. The summed E-state index contributed by atoms with van der Waals surface area (Å²) in [4.78, 5) is 4.31. The van der Waals surface area contributed by atoms with Gasteiger partial charge in [-0.2, -0.15) is 11.8 Å². The van der Waals surface area contributed by atoms with E-state index in [9.17, 15) is 0 Å². The molecule has 0 aromatic carbocycles. The average molecular weight is 239 g/mol. The lowest BCUT2D eigenvalue weighted by molar-refractivity contribution is 0.410. The van der Waals surface area contributed by atoms with Crippen LogP contribution in [-0.4, -0.2) is 27.1 Å². The highest BCUT2D eigenvalue weighted by molar-refractivity contribution is 8.00. The first-order chi connectivity index (χ1) is 7.76. The molecule has 0 radical (unpaired) electrons. The van der Waals surface area contributed by atoms with E-state index in [2.05, 4.69) is 16.6 Å². The van der Waals surface area contributed by atoms with E-state index in [-0.39, 0.29) is 0 Å². The van der Waals surface area contributed by atoms with Crippen molar-refractivity contribution >= 4 is 17.7 Å². The number of hydrogen-bond donors (Lipinski definition) is 1. The maximum absolute atomic E-state index is 4.31. The molecule has 1 aliphatic carbocycles. The fraction of sp³-hybridized carbons (Fsp3) is 0.750. The Balaban J connectivity index is 1.94. The fourth-order valence-electron chi connectivity index (χ4n) is 2.43. The molecule has 0 aliphatic heterocycles. The molecule has 0 spiro atoms. The van der Waals surface area contributed by atoms with Gasteiger partial charge in [0.1, 0.15) is 0 Å². The first-order valence-electron chi connectivity index (χ1n) is 6.02. The topological polar surface area (TPSA) is 29.9 Å². The number of hydrogen-bond acceptors (Lipinski definition) is 3. The molecular weight excluding hydrogens is 218 g/mol. The third-order valence-electron chi connectivity index (χ3n) is 3.59. The SMILES string of the molecule is CSC1(CNc2nccn2C)CCCCC1. The summed E-state index contributed by atoms with van der Waals surface area (Å²) >= 11 is 2.02. The average Bonchev–Trinajstić information content (AvgIpc) is 2.74. The van der Waals surface area contributed by atoms with Crippen LogP contribution in [-0.2, 0) is 7.05 Å². The molecule has 0 atom stereocenters. The first kappa shape index (κ1) is 11.8. The molecular formula is C12H21N3S.